The third-order valence-electron chi connectivity index (χ3n) is 4.77. The van der Waals surface area contributed by atoms with Crippen LogP contribution in [0.1, 0.15) is 26.3 Å². The second-order valence-corrected chi connectivity index (χ2v) is 7.10. The second kappa shape index (κ2) is 7.98. The first-order chi connectivity index (χ1) is 13.8. The highest BCUT2D eigenvalue weighted by atomic mass is 16.5. The molecule has 8 nitrogen and oxygen atoms in total. The van der Waals surface area contributed by atoms with Crippen molar-refractivity contribution in [2.45, 2.75) is 39.0 Å². The lowest BCUT2D eigenvalue weighted by atomic mass is 9.99. The van der Waals surface area contributed by atoms with Crippen LogP contribution in [0.3, 0.4) is 0 Å². The summed E-state index contributed by atoms with van der Waals surface area (Å²) in [5.74, 6) is 0.974. The van der Waals surface area contributed by atoms with Gasteiger partial charge in [0.15, 0.2) is 23.1 Å². The Kier molecular flexibility index (Phi) is 5.63. The molecular formula is C21H25N3O5. The van der Waals surface area contributed by atoms with E-state index < -0.39 is 17.4 Å². The molecule has 0 radical (unpaired) electrons. The molecule has 154 valence electrons. The van der Waals surface area contributed by atoms with Crippen molar-refractivity contribution in [1.82, 2.24) is 10.3 Å². The zero-order valence-corrected chi connectivity index (χ0v) is 17.2. The first-order valence-corrected chi connectivity index (χ1v) is 9.28. The maximum atomic E-state index is 13.2. The van der Waals surface area contributed by atoms with Crippen molar-refractivity contribution in [3.63, 3.8) is 0 Å². The number of amides is 2. The zero-order chi connectivity index (χ0) is 21.2. The maximum absolute atomic E-state index is 13.2. The van der Waals surface area contributed by atoms with Gasteiger partial charge in [-0.1, -0.05) is 6.07 Å². The van der Waals surface area contributed by atoms with Crippen molar-refractivity contribution in [2.75, 3.05) is 19.1 Å². The standard InChI is InChI=1S/C21H25N3O5/c1-13(2)24-18-16(7-6-10-22-18)29-21(3,20(24)26)19(25)23-12-14-8-9-15(27-4)17(11-14)28-5/h6-11,13H,12H2,1-5H3,(H,23,25). The highest BCUT2D eigenvalue weighted by Gasteiger charge is 2.51. The number of ether oxygens (including phenoxy) is 3. The van der Waals surface area contributed by atoms with Gasteiger partial charge in [0.2, 0.25) is 0 Å². The minimum absolute atomic E-state index is 0.182. The first kappa shape index (κ1) is 20.4. The van der Waals surface area contributed by atoms with Crippen LogP contribution in [0.25, 0.3) is 0 Å². The fourth-order valence-electron chi connectivity index (χ4n) is 3.20. The number of nitrogens with one attached hydrogen (secondary N) is 1. The molecular weight excluding hydrogens is 374 g/mol. The summed E-state index contributed by atoms with van der Waals surface area (Å²) in [4.78, 5) is 31.9. The van der Waals surface area contributed by atoms with Crippen LogP contribution in [0, 0.1) is 0 Å². The van der Waals surface area contributed by atoms with Crippen LogP contribution in [-0.4, -0.2) is 42.7 Å². The molecule has 1 N–H and O–H groups in total. The number of anilines is 1. The third kappa shape index (κ3) is 3.70. The molecule has 8 heteroatoms. The molecule has 29 heavy (non-hydrogen) atoms. The third-order valence-corrected chi connectivity index (χ3v) is 4.77. The largest absolute Gasteiger partial charge is 0.493 e. The number of aromatic nitrogens is 1. The lowest BCUT2D eigenvalue weighted by molar-refractivity contribution is -0.148. The van der Waals surface area contributed by atoms with Crippen LogP contribution in [0.5, 0.6) is 17.2 Å². The quantitative estimate of drug-likeness (QED) is 0.750. The molecule has 2 heterocycles. The van der Waals surface area contributed by atoms with Gasteiger partial charge >= 0.3 is 0 Å². The number of methoxy groups -OCH3 is 2. The van der Waals surface area contributed by atoms with E-state index in [2.05, 4.69) is 10.3 Å². The van der Waals surface area contributed by atoms with Crippen molar-refractivity contribution >= 4 is 17.6 Å². The normalized spacial score (nSPS) is 18.1. The summed E-state index contributed by atoms with van der Waals surface area (Å²) >= 11 is 0. The Morgan fingerprint density at radius 1 is 1.24 bits per heavy atom. The topological polar surface area (TPSA) is 90.0 Å². The average Bonchev–Trinajstić information content (AvgIpc) is 2.72. The van der Waals surface area contributed by atoms with E-state index in [1.165, 1.54) is 11.8 Å². The van der Waals surface area contributed by atoms with Crippen molar-refractivity contribution < 1.29 is 23.8 Å². The fraction of sp³-hybridized carbons (Fsp3) is 0.381. The predicted molar refractivity (Wildman–Crippen MR) is 107 cm³/mol. The molecule has 0 aliphatic carbocycles. The fourth-order valence-corrected chi connectivity index (χ4v) is 3.20. The van der Waals surface area contributed by atoms with Crippen LogP contribution in [0.15, 0.2) is 36.5 Å². The number of benzene rings is 1. The van der Waals surface area contributed by atoms with Gasteiger partial charge in [0.1, 0.15) is 0 Å². The summed E-state index contributed by atoms with van der Waals surface area (Å²) < 4.78 is 16.3. The van der Waals surface area contributed by atoms with Crippen molar-refractivity contribution in [2.24, 2.45) is 0 Å². The summed E-state index contributed by atoms with van der Waals surface area (Å²) in [5.41, 5.74) is -0.901. The number of carbonyl (C=O) groups is 2. The van der Waals surface area contributed by atoms with E-state index >= 15 is 0 Å². The summed E-state index contributed by atoms with van der Waals surface area (Å²) in [6, 6.07) is 8.56. The zero-order valence-electron chi connectivity index (χ0n) is 17.2. The molecule has 2 amide bonds. The smallest absolute Gasteiger partial charge is 0.282 e. The van der Waals surface area contributed by atoms with Crippen LogP contribution >= 0.6 is 0 Å². The highest BCUT2D eigenvalue weighted by molar-refractivity contribution is 6.16. The molecule has 0 bridgehead atoms. The Morgan fingerprint density at radius 2 is 1.97 bits per heavy atom. The second-order valence-electron chi connectivity index (χ2n) is 7.10. The predicted octanol–water partition coefficient (Wildman–Crippen LogP) is 2.31. The maximum Gasteiger partial charge on any atom is 0.282 e. The molecule has 3 rings (SSSR count). The average molecular weight is 399 g/mol. The van der Waals surface area contributed by atoms with Gasteiger partial charge in [0.05, 0.1) is 14.2 Å². The number of nitrogens with zero attached hydrogens (tertiary/aromatic N) is 2. The molecule has 1 unspecified atom stereocenters. The monoisotopic (exact) mass is 399 g/mol. The van der Waals surface area contributed by atoms with E-state index in [1.54, 1.807) is 44.7 Å². The number of hydrogen-bond acceptors (Lipinski definition) is 6. The number of pyridine rings is 1. The van der Waals surface area contributed by atoms with Gasteiger partial charge in [0.25, 0.3) is 17.4 Å². The number of fused-ring (bicyclic) bond motifs is 1. The Hall–Kier alpha value is -3.29. The van der Waals surface area contributed by atoms with E-state index in [-0.39, 0.29) is 12.6 Å². The Morgan fingerprint density at radius 3 is 2.62 bits per heavy atom. The first-order valence-electron chi connectivity index (χ1n) is 9.28. The van der Waals surface area contributed by atoms with Crippen LogP contribution < -0.4 is 24.4 Å². The summed E-state index contributed by atoms with van der Waals surface area (Å²) in [6.45, 7) is 5.41. The molecule has 1 aliphatic heterocycles. The summed E-state index contributed by atoms with van der Waals surface area (Å²) in [7, 11) is 3.10. The van der Waals surface area contributed by atoms with E-state index in [0.29, 0.717) is 23.1 Å². The summed E-state index contributed by atoms with van der Waals surface area (Å²) in [5, 5.41) is 2.79. The minimum Gasteiger partial charge on any atom is -0.493 e. The number of carbonyl (C=O) groups excluding carboxylic acids is 2. The number of hydrogen-bond donors (Lipinski definition) is 1. The van der Waals surface area contributed by atoms with Gasteiger partial charge in [-0.15, -0.1) is 0 Å². The van der Waals surface area contributed by atoms with Crippen molar-refractivity contribution in [3.05, 3.63) is 42.1 Å². The number of rotatable bonds is 6. The van der Waals surface area contributed by atoms with E-state index in [0.717, 1.165) is 5.56 Å². The molecule has 0 spiro atoms. The van der Waals surface area contributed by atoms with Crippen LogP contribution in [0.4, 0.5) is 5.82 Å². The van der Waals surface area contributed by atoms with Gasteiger partial charge < -0.3 is 19.5 Å². The van der Waals surface area contributed by atoms with Gasteiger partial charge in [-0.3, -0.25) is 14.5 Å². The van der Waals surface area contributed by atoms with E-state index in [1.807, 2.05) is 19.9 Å². The van der Waals surface area contributed by atoms with E-state index in [9.17, 15) is 9.59 Å². The van der Waals surface area contributed by atoms with Crippen LogP contribution in [-0.2, 0) is 16.1 Å². The molecule has 0 fully saturated rings. The Bertz CT molecular complexity index is 930. The Labute approximate surface area is 169 Å². The highest BCUT2D eigenvalue weighted by Crippen LogP contribution is 2.37. The molecule has 0 saturated heterocycles. The molecule has 0 saturated carbocycles. The van der Waals surface area contributed by atoms with Gasteiger partial charge in [-0.05, 0) is 50.6 Å². The molecule has 1 aromatic heterocycles. The van der Waals surface area contributed by atoms with Crippen molar-refractivity contribution in [1.29, 1.82) is 0 Å². The molecule has 1 atom stereocenters. The van der Waals surface area contributed by atoms with Gasteiger partial charge in [-0.2, -0.15) is 0 Å². The SMILES string of the molecule is COc1ccc(CNC(=O)C2(C)Oc3cccnc3N(C(C)C)C2=O)cc1OC. The minimum atomic E-state index is -1.70. The van der Waals surface area contributed by atoms with Crippen LogP contribution in [0.2, 0.25) is 0 Å². The summed E-state index contributed by atoms with van der Waals surface area (Å²) in [6.07, 6.45) is 1.59. The molecule has 1 aromatic carbocycles. The van der Waals surface area contributed by atoms with Gasteiger partial charge in [-0.25, -0.2) is 4.98 Å². The Balaban J connectivity index is 1.82. The van der Waals surface area contributed by atoms with Crippen molar-refractivity contribution in [3.8, 4) is 17.2 Å². The van der Waals surface area contributed by atoms with E-state index in [4.69, 9.17) is 14.2 Å². The molecule has 1 aliphatic rings. The molecule has 2 aromatic rings. The lowest BCUT2D eigenvalue weighted by Crippen LogP contribution is -2.63. The lowest BCUT2D eigenvalue weighted by Gasteiger charge is -2.40. The van der Waals surface area contributed by atoms with Gasteiger partial charge in [0, 0.05) is 18.8 Å².